The number of carbonyl (C=O) groups is 1. The standard InChI is InChI=1S/C15H14ClFN2O2S/c16-10-7-9(17)5-6-12(10)21-8-14(20)19-15-18-11-3-1-2-4-13(11)22-15/h5-7H,1-4,8H2,(H,18,19,20). The number of rotatable bonds is 4. The van der Waals surface area contributed by atoms with Crippen molar-refractivity contribution < 1.29 is 13.9 Å². The molecule has 22 heavy (non-hydrogen) atoms. The number of amides is 1. The van der Waals surface area contributed by atoms with Crippen molar-refractivity contribution in [3.63, 3.8) is 0 Å². The van der Waals surface area contributed by atoms with E-state index in [1.807, 2.05) is 0 Å². The summed E-state index contributed by atoms with van der Waals surface area (Å²) in [5, 5.41) is 3.47. The molecule has 0 spiro atoms. The summed E-state index contributed by atoms with van der Waals surface area (Å²) in [4.78, 5) is 17.6. The zero-order valence-electron chi connectivity index (χ0n) is 11.7. The predicted octanol–water partition coefficient (Wildman–Crippen LogP) is 3.83. The van der Waals surface area contributed by atoms with E-state index >= 15 is 0 Å². The fraction of sp³-hybridized carbons (Fsp3) is 0.333. The monoisotopic (exact) mass is 340 g/mol. The molecule has 4 nitrogen and oxygen atoms in total. The highest BCUT2D eigenvalue weighted by molar-refractivity contribution is 7.15. The number of ether oxygens (including phenoxy) is 1. The Bertz CT molecular complexity index is 681. The normalized spacial score (nSPS) is 13.5. The van der Waals surface area contributed by atoms with E-state index in [4.69, 9.17) is 16.3 Å². The molecule has 1 aromatic heterocycles. The largest absolute Gasteiger partial charge is 0.482 e. The molecule has 1 aromatic carbocycles. The van der Waals surface area contributed by atoms with Crippen molar-refractivity contribution in [1.82, 2.24) is 4.98 Å². The Labute approximate surface area is 136 Å². The molecule has 7 heteroatoms. The van der Waals surface area contributed by atoms with Gasteiger partial charge < -0.3 is 4.74 Å². The number of nitrogens with zero attached hydrogens (tertiary/aromatic N) is 1. The van der Waals surface area contributed by atoms with E-state index in [1.54, 1.807) is 0 Å². The molecule has 1 aliphatic rings. The highest BCUT2D eigenvalue weighted by atomic mass is 35.5. The second kappa shape index (κ2) is 6.62. The fourth-order valence-electron chi connectivity index (χ4n) is 2.30. The molecule has 1 heterocycles. The van der Waals surface area contributed by atoms with Gasteiger partial charge in [0.2, 0.25) is 0 Å². The van der Waals surface area contributed by atoms with Gasteiger partial charge in [0.15, 0.2) is 11.7 Å². The van der Waals surface area contributed by atoms with Gasteiger partial charge in [-0.1, -0.05) is 11.6 Å². The number of aryl methyl sites for hydroxylation is 2. The molecule has 2 aromatic rings. The van der Waals surface area contributed by atoms with Crippen LogP contribution < -0.4 is 10.1 Å². The highest BCUT2D eigenvalue weighted by Gasteiger charge is 2.16. The van der Waals surface area contributed by atoms with Crippen molar-refractivity contribution in [1.29, 1.82) is 0 Å². The molecule has 1 amide bonds. The number of aromatic nitrogens is 1. The lowest BCUT2D eigenvalue weighted by Gasteiger charge is -2.07. The van der Waals surface area contributed by atoms with E-state index in [1.165, 1.54) is 34.8 Å². The second-order valence-corrected chi connectivity index (χ2v) is 6.50. The third-order valence-electron chi connectivity index (χ3n) is 3.34. The molecule has 0 radical (unpaired) electrons. The number of carbonyl (C=O) groups excluding carboxylic acids is 1. The van der Waals surface area contributed by atoms with Crippen LogP contribution in [-0.2, 0) is 17.6 Å². The highest BCUT2D eigenvalue weighted by Crippen LogP contribution is 2.29. The van der Waals surface area contributed by atoms with Crippen LogP contribution in [0.2, 0.25) is 5.02 Å². The number of anilines is 1. The van der Waals surface area contributed by atoms with E-state index in [2.05, 4.69) is 10.3 Å². The first-order chi connectivity index (χ1) is 10.6. The first-order valence-corrected chi connectivity index (χ1v) is 8.17. The van der Waals surface area contributed by atoms with Crippen molar-refractivity contribution >= 4 is 34.0 Å². The smallest absolute Gasteiger partial charge is 0.264 e. The van der Waals surface area contributed by atoms with Crippen LogP contribution in [0.15, 0.2) is 18.2 Å². The average Bonchev–Trinajstić information content (AvgIpc) is 2.88. The van der Waals surface area contributed by atoms with Crippen LogP contribution in [0.1, 0.15) is 23.4 Å². The van der Waals surface area contributed by atoms with Crippen molar-refractivity contribution in [2.45, 2.75) is 25.7 Å². The minimum Gasteiger partial charge on any atom is -0.482 e. The molecule has 0 bridgehead atoms. The molecule has 0 saturated carbocycles. The quantitative estimate of drug-likeness (QED) is 0.920. The van der Waals surface area contributed by atoms with E-state index in [9.17, 15) is 9.18 Å². The zero-order chi connectivity index (χ0) is 15.5. The summed E-state index contributed by atoms with van der Waals surface area (Å²) in [6.45, 7) is -0.199. The van der Waals surface area contributed by atoms with Crippen molar-refractivity contribution in [2.75, 3.05) is 11.9 Å². The molecule has 3 rings (SSSR count). The van der Waals surface area contributed by atoms with Gasteiger partial charge in [0.1, 0.15) is 11.6 Å². The summed E-state index contributed by atoms with van der Waals surface area (Å²) >= 11 is 7.35. The summed E-state index contributed by atoms with van der Waals surface area (Å²) < 4.78 is 18.2. The van der Waals surface area contributed by atoms with Crippen LogP contribution >= 0.6 is 22.9 Å². The Hall–Kier alpha value is -1.66. The third-order valence-corrected chi connectivity index (χ3v) is 4.71. The van der Waals surface area contributed by atoms with Gasteiger partial charge in [-0.2, -0.15) is 0 Å². The molecule has 116 valence electrons. The van der Waals surface area contributed by atoms with Crippen LogP contribution in [0, 0.1) is 5.82 Å². The van der Waals surface area contributed by atoms with Gasteiger partial charge >= 0.3 is 0 Å². The zero-order valence-corrected chi connectivity index (χ0v) is 13.3. The SMILES string of the molecule is O=C(COc1ccc(F)cc1Cl)Nc1nc2c(s1)CCCC2. The Balaban J connectivity index is 1.57. The van der Waals surface area contributed by atoms with Crippen LogP contribution in [0.4, 0.5) is 9.52 Å². The fourth-order valence-corrected chi connectivity index (χ4v) is 3.58. The van der Waals surface area contributed by atoms with Gasteiger partial charge in [-0.25, -0.2) is 9.37 Å². The number of benzene rings is 1. The van der Waals surface area contributed by atoms with E-state index in [0.29, 0.717) is 5.13 Å². The Morgan fingerprint density at radius 3 is 3.00 bits per heavy atom. The van der Waals surface area contributed by atoms with Crippen molar-refractivity contribution in [3.8, 4) is 5.75 Å². The summed E-state index contributed by atoms with van der Waals surface area (Å²) in [5.41, 5.74) is 1.09. The molecular weight excluding hydrogens is 327 g/mol. The number of fused-ring (bicyclic) bond motifs is 1. The molecule has 0 unspecified atom stereocenters. The summed E-state index contributed by atoms with van der Waals surface area (Å²) in [6.07, 6.45) is 4.33. The molecule has 1 aliphatic carbocycles. The number of hydrogen-bond donors (Lipinski definition) is 1. The first kappa shape index (κ1) is 15.2. The molecule has 0 aliphatic heterocycles. The number of nitrogens with one attached hydrogen (secondary N) is 1. The Morgan fingerprint density at radius 1 is 1.41 bits per heavy atom. The minimum absolute atomic E-state index is 0.137. The first-order valence-electron chi connectivity index (χ1n) is 6.98. The predicted molar refractivity (Wildman–Crippen MR) is 84.3 cm³/mol. The van der Waals surface area contributed by atoms with Gasteiger partial charge in [-0.3, -0.25) is 10.1 Å². The van der Waals surface area contributed by atoms with E-state index < -0.39 is 5.82 Å². The molecule has 0 saturated heterocycles. The van der Waals surface area contributed by atoms with Gasteiger partial charge in [0.25, 0.3) is 5.91 Å². The lowest BCUT2D eigenvalue weighted by atomic mass is 10.0. The van der Waals surface area contributed by atoms with Crippen LogP contribution in [0.3, 0.4) is 0 Å². The summed E-state index contributed by atoms with van der Waals surface area (Å²) in [6, 6.07) is 3.77. The van der Waals surface area contributed by atoms with Gasteiger partial charge in [-0.05, 0) is 43.9 Å². The van der Waals surface area contributed by atoms with Gasteiger partial charge in [0, 0.05) is 4.88 Å². The Morgan fingerprint density at radius 2 is 2.23 bits per heavy atom. The van der Waals surface area contributed by atoms with Crippen LogP contribution in [0.25, 0.3) is 0 Å². The van der Waals surface area contributed by atoms with Gasteiger partial charge in [-0.15, -0.1) is 11.3 Å². The van der Waals surface area contributed by atoms with Gasteiger partial charge in [0.05, 0.1) is 10.7 Å². The second-order valence-electron chi connectivity index (χ2n) is 5.01. The maximum absolute atomic E-state index is 12.9. The lowest BCUT2D eigenvalue weighted by molar-refractivity contribution is -0.118. The van der Waals surface area contributed by atoms with E-state index in [-0.39, 0.29) is 23.3 Å². The minimum atomic E-state index is -0.449. The molecule has 0 atom stereocenters. The maximum atomic E-state index is 12.9. The molecule has 1 N–H and O–H groups in total. The number of thiazole rings is 1. The molecule has 0 fully saturated rings. The van der Waals surface area contributed by atoms with Crippen molar-refractivity contribution in [3.05, 3.63) is 39.6 Å². The van der Waals surface area contributed by atoms with Crippen LogP contribution in [0.5, 0.6) is 5.75 Å². The number of halogens is 2. The summed E-state index contributed by atoms with van der Waals surface area (Å²) in [5.74, 6) is -0.488. The summed E-state index contributed by atoms with van der Waals surface area (Å²) in [7, 11) is 0. The topological polar surface area (TPSA) is 51.2 Å². The maximum Gasteiger partial charge on any atom is 0.264 e. The molecular formula is C15H14ClFN2O2S. The number of hydrogen-bond acceptors (Lipinski definition) is 4. The average molecular weight is 341 g/mol. The third kappa shape index (κ3) is 3.56. The lowest BCUT2D eigenvalue weighted by Crippen LogP contribution is -2.20. The van der Waals surface area contributed by atoms with Crippen LogP contribution in [-0.4, -0.2) is 17.5 Å². The van der Waals surface area contributed by atoms with E-state index in [0.717, 1.165) is 31.0 Å². The van der Waals surface area contributed by atoms with Crippen molar-refractivity contribution in [2.24, 2.45) is 0 Å². The Kier molecular flexibility index (Phi) is 4.59.